The van der Waals surface area contributed by atoms with E-state index >= 15 is 0 Å². The number of piperazine rings is 2. The summed E-state index contributed by atoms with van der Waals surface area (Å²) in [6, 6.07) is 0. The van der Waals surface area contributed by atoms with Crippen molar-refractivity contribution in [2.75, 3.05) is 65.5 Å². The van der Waals surface area contributed by atoms with Crippen molar-refractivity contribution in [2.45, 2.75) is 0 Å². The number of rotatable bonds is 2. The van der Waals surface area contributed by atoms with E-state index in [0.717, 1.165) is 26.2 Å². The van der Waals surface area contributed by atoms with E-state index in [2.05, 4.69) is 10.2 Å². The van der Waals surface area contributed by atoms with Crippen molar-refractivity contribution in [2.24, 2.45) is 0 Å². The van der Waals surface area contributed by atoms with Gasteiger partial charge >= 0.3 is 11.8 Å². The number of nitrogens with one attached hydrogen (secondary N) is 1. The molecule has 0 aromatic carbocycles. The SMILES string of the molecule is O=C(C(=O)N1CCN(CCO)CC1)N1CCNCC1. The third-order valence-electron chi connectivity index (χ3n) is 3.66. The molecule has 0 radical (unpaired) electrons. The largest absolute Gasteiger partial charge is 0.395 e. The summed E-state index contributed by atoms with van der Waals surface area (Å²) >= 11 is 0. The lowest BCUT2D eigenvalue weighted by Gasteiger charge is -2.35. The molecule has 2 amide bonds. The zero-order valence-corrected chi connectivity index (χ0v) is 11.2. The number of carbonyl (C=O) groups is 2. The van der Waals surface area contributed by atoms with Gasteiger partial charge in [0, 0.05) is 58.9 Å². The first-order valence-electron chi connectivity index (χ1n) is 6.84. The molecule has 2 fully saturated rings. The Hall–Kier alpha value is -1.18. The summed E-state index contributed by atoms with van der Waals surface area (Å²) in [5.74, 6) is -0.761. The van der Waals surface area contributed by atoms with E-state index in [9.17, 15) is 9.59 Å². The van der Waals surface area contributed by atoms with Crippen molar-refractivity contribution in [3.8, 4) is 0 Å². The number of β-amino-alcohol motifs (C(OH)–C–C–N with tert-alkyl or cyclic N) is 1. The average Bonchev–Trinajstić information content (AvgIpc) is 2.48. The average molecular weight is 270 g/mol. The van der Waals surface area contributed by atoms with Gasteiger partial charge in [-0.1, -0.05) is 0 Å². The highest BCUT2D eigenvalue weighted by molar-refractivity contribution is 6.34. The molecule has 2 saturated heterocycles. The molecule has 0 unspecified atom stereocenters. The molecule has 0 atom stereocenters. The molecule has 0 bridgehead atoms. The Morgan fingerprint density at radius 2 is 1.42 bits per heavy atom. The highest BCUT2D eigenvalue weighted by atomic mass is 16.3. The van der Waals surface area contributed by atoms with E-state index in [1.807, 2.05) is 0 Å². The van der Waals surface area contributed by atoms with Gasteiger partial charge in [0.05, 0.1) is 6.61 Å². The quantitative estimate of drug-likeness (QED) is 0.545. The number of nitrogens with zero attached hydrogens (tertiary/aromatic N) is 3. The maximum atomic E-state index is 12.1. The van der Waals surface area contributed by atoms with Gasteiger partial charge in [-0.05, 0) is 0 Å². The Bertz CT molecular complexity index is 323. The van der Waals surface area contributed by atoms with Gasteiger partial charge in [0.15, 0.2) is 0 Å². The van der Waals surface area contributed by atoms with Gasteiger partial charge in [0.2, 0.25) is 0 Å². The smallest absolute Gasteiger partial charge is 0.312 e. The normalized spacial score (nSPS) is 21.5. The molecule has 2 rings (SSSR count). The number of hydrogen-bond donors (Lipinski definition) is 2. The van der Waals surface area contributed by atoms with Gasteiger partial charge < -0.3 is 20.2 Å². The van der Waals surface area contributed by atoms with Crippen LogP contribution in [-0.4, -0.2) is 97.1 Å². The van der Waals surface area contributed by atoms with E-state index in [0.29, 0.717) is 32.7 Å². The van der Waals surface area contributed by atoms with Crippen LogP contribution in [0.25, 0.3) is 0 Å². The van der Waals surface area contributed by atoms with Crippen LogP contribution in [0.3, 0.4) is 0 Å². The summed E-state index contributed by atoms with van der Waals surface area (Å²) in [4.78, 5) is 29.5. The van der Waals surface area contributed by atoms with Crippen molar-refractivity contribution in [3.05, 3.63) is 0 Å². The first-order valence-corrected chi connectivity index (χ1v) is 6.84. The molecule has 2 aliphatic heterocycles. The maximum Gasteiger partial charge on any atom is 0.312 e. The minimum Gasteiger partial charge on any atom is -0.395 e. The molecule has 19 heavy (non-hydrogen) atoms. The topological polar surface area (TPSA) is 76.1 Å². The molecular weight excluding hydrogens is 248 g/mol. The molecule has 0 saturated carbocycles. The summed E-state index contributed by atoms with van der Waals surface area (Å²) < 4.78 is 0. The number of aliphatic hydroxyl groups is 1. The number of hydrogen-bond acceptors (Lipinski definition) is 5. The van der Waals surface area contributed by atoms with Crippen molar-refractivity contribution >= 4 is 11.8 Å². The first kappa shape index (κ1) is 14.2. The van der Waals surface area contributed by atoms with Gasteiger partial charge in [0.25, 0.3) is 0 Å². The minimum absolute atomic E-state index is 0.133. The zero-order chi connectivity index (χ0) is 13.7. The highest BCUT2D eigenvalue weighted by Crippen LogP contribution is 2.04. The van der Waals surface area contributed by atoms with Gasteiger partial charge in [-0.2, -0.15) is 0 Å². The first-order chi connectivity index (χ1) is 9.22. The maximum absolute atomic E-state index is 12.1. The molecule has 2 heterocycles. The van der Waals surface area contributed by atoms with Crippen LogP contribution < -0.4 is 5.32 Å². The Morgan fingerprint density at radius 1 is 0.895 bits per heavy atom. The van der Waals surface area contributed by atoms with Crippen LogP contribution in [0.2, 0.25) is 0 Å². The Morgan fingerprint density at radius 3 is 1.95 bits per heavy atom. The second-order valence-corrected chi connectivity index (χ2v) is 4.90. The Balaban J connectivity index is 1.81. The molecule has 2 N–H and O–H groups in total. The van der Waals surface area contributed by atoms with Gasteiger partial charge in [0.1, 0.15) is 0 Å². The lowest BCUT2D eigenvalue weighted by atomic mass is 10.2. The molecule has 7 heteroatoms. The summed E-state index contributed by atoms with van der Waals surface area (Å²) in [5, 5.41) is 12.0. The summed E-state index contributed by atoms with van der Waals surface area (Å²) in [5.41, 5.74) is 0. The molecule has 2 aliphatic rings. The monoisotopic (exact) mass is 270 g/mol. The number of aliphatic hydroxyl groups excluding tert-OH is 1. The van der Waals surface area contributed by atoms with Crippen molar-refractivity contribution in [1.29, 1.82) is 0 Å². The lowest BCUT2D eigenvalue weighted by molar-refractivity contribution is -0.153. The molecular formula is C12H22N4O3. The van der Waals surface area contributed by atoms with Crippen LogP contribution in [-0.2, 0) is 9.59 Å². The molecule has 0 aliphatic carbocycles. The summed E-state index contributed by atoms with van der Waals surface area (Å²) in [7, 11) is 0. The molecule has 0 spiro atoms. The van der Waals surface area contributed by atoms with Crippen LogP contribution in [0.1, 0.15) is 0 Å². The minimum atomic E-state index is -0.384. The fraction of sp³-hybridized carbons (Fsp3) is 0.833. The molecule has 0 aromatic rings. The predicted molar refractivity (Wildman–Crippen MR) is 69.6 cm³/mol. The second-order valence-electron chi connectivity index (χ2n) is 4.90. The van der Waals surface area contributed by atoms with E-state index < -0.39 is 0 Å². The predicted octanol–water partition coefficient (Wildman–Crippen LogP) is -2.45. The van der Waals surface area contributed by atoms with Gasteiger partial charge in [-0.15, -0.1) is 0 Å². The fourth-order valence-electron chi connectivity index (χ4n) is 2.45. The second kappa shape index (κ2) is 6.83. The third kappa shape index (κ3) is 3.65. The van der Waals surface area contributed by atoms with Gasteiger partial charge in [-0.3, -0.25) is 14.5 Å². The van der Waals surface area contributed by atoms with Gasteiger partial charge in [-0.25, -0.2) is 0 Å². The van der Waals surface area contributed by atoms with Crippen LogP contribution in [0, 0.1) is 0 Å². The molecule has 0 aromatic heterocycles. The Kier molecular flexibility index (Phi) is 5.12. The Labute approximate surface area is 113 Å². The van der Waals surface area contributed by atoms with E-state index in [1.54, 1.807) is 9.80 Å². The molecule has 108 valence electrons. The highest BCUT2D eigenvalue weighted by Gasteiger charge is 2.29. The van der Waals surface area contributed by atoms with E-state index in [-0.39, 0.29) is 18.4 Å². The van der Waals surface area contributed by atoms with Crippen molar-refractivity contribution < 1.29 is 14.7 Å². The standard InChI is InChI=1S/C12H22N4O3/c17-10-9-14-5-7-16(8-6-14)12(19)11(18)15-3-1-13-2-4-15/h13,17H,1-10H2. The zero-order valence-electron chi connectivity index (χ0n) is 11.2. The number of amides is 2. The third-order valence-corrected chi connectivity index (χ3v) is 3.66. The lowest BCUT2D eigenvalue weighted by Crippen LogP contribution is -2.56. The summed E-state index contributed by atoms with van der Waals surface area (Å²) in [6.45, 7) is 6.06. The van der Waals surface area contributed by atoms with Crippen LogP contribution >= 0.6 is 0 Å². The summed E-state index contributed by atoms with van der Waals surface area (Å²) in [6.07, 6.45) is 0. The van der Waals surface area contributed by atoms with E-state index in [4.69, 9.17) is 5.11 Å². The molecule has 7 nitrogen and oxygen atoms in total. The van der Waals surface area contributed by atoms with Crippen LogP contribution in [0.4, 0.5) is 0 Å². The van der Waals surface area contributed by atoms with Crippen LogP contribution in [0.5, 0.6) is 0 Å². The number of carbonyl (C=O) groups excluding carboxylic acids is 2. The van der Waals surface area contributed by atoms with Crippen LogP contribution in [0.15, 0.2) is 0 Å². The van der Waals surface area contributed by atoms with Crippen molar-refractivity contribution in [1.82, 2.24) is 20.0 Å². The van der Waals surface area contributed by atoms with Crippen molar-refractivity contribution in [3.63, 3.8) is 0 Å². The van der Waals surface area contributed by atoms with E-state index in [1.165, 1.54) is 0 Å². The fourth-order valence-corrected chi connectivity index (χ4v) is 2.45.